The molecule has 0 spiro atoms. The van der Waals surface area contributed by atoms with E-state index in [9.17, 15) is 4.79 Å². The first-order valence-electron chi connectivity index (χ1n) is 4.65. The zero-order chi connectivity index (χ0) is 9.35. The van der Waals surface area contributed by atoms with Crippen LogP contribution in [0.4, 0.5) is 0 Å². The van der Waals surface area contributed by atoms with Crippen LogP contribution in [0, 0.1) is 17.3 Å². The average Bonchev–Trinajstić information content (AvgIpc) is 2.33. The van der Waals surface area contributed by atoms with Crippen molar-refractivity contribution in [3.8, 4) is 0 Å². The average molecular weight is 166 g/mol. The Morgan fingerprint density at radius 1 is 1.58 bits per heavy atom. The topological polar surface area (TPSA) is 17.1 Å². The van der Waals surface area contributed by atoms with Crippen LogP contribution in [-0.2, 0) is 4.79 Å². The molecular weight excluding hydrogens is 148 g/mol. The van der Waals surface area contributed by atoms with Crippen molar-refractivity contribution < 1.29 is 4.79 Å². The number of allylic oxidation sites excluding steroid dienone is 1. The minimum absolute atomic E-state index is 0.117. The van der Waals surface area contributed by atoms with Gasteiger partial charge in [0.25, 0.3) is 0 Å². The molecule has 0 radical (unpaired) electrons. The van der Waals surface area contributed by atoms with Crippen molar-refractivity contribution in [3.05, 3.63) is 12.7 Å². The normalized spacial score (nSPS) is 30.8. The van der Waals surface area contributed by atoms with E-state index in [1.165, 1.54) is 0 Å². The van der Waals surface area contributed by atoms with Crippen LogP contribution < -0.4 is 0 Å². The third kappa shape index (κ3) is 1.45. The molecule has 0 bridgehead atoms. The molecule has 0 saturated heterocycles. The van der Waals surface area contributed by atoms with Gasteiger partial charge in [-0.15, -0.1) is 6.58 Å². The van der Waals surface area contributed by atoms with Crippen LogP contribution in [0.3, 0.4) is 0 Å². The maximum Gasteiger partial charge on any atom is 0.136 e. The summed E-state index contributed by atoms with van der Waals surface area (Å²) in [4.78, 5) is 11.3. The summed E-state index contributed by atoms with van der Waals surface area (Å²) in [6.07, 6.45) is 3.79. The van der Waals surface area contributed by atoms with E-state index < -0.39 is 0 Å². The number of Topliss-reactive ketones (excluding diaryl/α,β-unsaturated/α-hetero) is 1. The molecule has 1 fully saturated rings. The van der Waals surface area contributed by atoms with Gasteiger partial charge in [-0.2, -0.15) is 0 Å². The van der Waals surface area contributed by atoms with Crippen LogP contribution in [0.2, 0.25) is 0 Å². The van der Waals surface area contributed by atoms with Crippen molar-refractivity contribution in [2.75, 3.05) is 0 Å². The predicted molar refractivity (Wildman–Crippen MR) is 50.9 cm³/mol. The minimum Gasteiger partial charge on any atom is -0.299 e. The monoisotopic (exact) mass is 166 g/mol. The molecule has 0 aromatic carbocycles. The molecule has 0 aliphatic heterocycles. The Bertz CT molecular complexity index is 203. The summed E-state index contributed by atoms with van der Waals surface area (Å²) in [7, 11) is 0. The van der Waals surface area contributed by atoms with Crippen molar-refractivity contribution in [1.29, 1.82) is 0 Å². The van der Waals surface area contributed by atoms with Crippen molar-refractivity contribution >= 4 is 5.78 Å². The smallest absolute Gasteiger partial charge is 0.136 e. The third-order valence-electron chi connectivity index (χ3n) is 3.29. The van der Waals surface area contributed by atoms with E-state index in [0.29, 0.717) is 11.7 Å². The SMILES string of the molecule is C=CC(C)(C)C1CCC(=O)C1C. The van der Waals surface area contributed by atoms with E-state index in [1.807, 2.05) is 13.0 Å². The first-order chi connectivity index (χ1) is 5.49. The Hall–Kier alpha value is -0.590. The van der Waals surface area contributed by atoms with Gasteiger partial charge in [0.15, 0.2) is 0 Å². The fourth-order valence-electron chi connectivity index (χ4n) is 2.17. The Kier molecular flexibility index (Phi) is 2.41. The minimum atomic E-state index is 0.117. The highest BCUT2D eigenvalue weighted by molar-refractivity contribution is 5.83. The number of carbonyl (C=O) groups excluding carboxylic acids is 1. The summed E-state index contributed by atoms with van der Waals surface area (Å²) in [6.45, 7) is 10.2. The summed E-state index contributed by atoms with van der Waals surface area (Å²) in [5.41, 5.74) is 0.117. The molecule has 2 unspecified atom stereocenters. The van der Waals surface area contributed by atoms with Gasteiger partial charge in [0.05, 0.1) is 0 Å². The van der Waals surface area contributed by atoms with Crippen LogP contribution in [-0.4, -0.2) is 5.78 Å². The zero-order valence-corrected chi connectivity index (χ0v) is 8.26. The maximum absolute atomic E-state index is 11.3. The van der Waals surface area contributed by atoms with E-state index >= 15 is 0 Å². The number of ketones is 1. The molecule has 0 N–H and O–H groups in total. The lowest BCUT2D eigenvalue weighted by molar-refractivity contribution is -0.121. The molecule has 2 atom stereocenters. The summed E-state index contributed by atoms with van der Waals surface area (Å²) >= 11 is 0. The highest BCUT2D eigenvalue weighted by atomic mass is 16.1. The number of hydrogen-bond donors (Lipinski definition) is 0. The number of rotatable bonds is 2. The molecule has 0 aromatic heterocycles. The summed E-state index contributed by atoms with van der Waals surface area (Å²) < 4.78 is 0. The van der Waals surface area contributed by atoms with Crippen molar-refractivity contribution in [2.45, 2.75) is 33.6 Å². The van der Waals surface area contributed by atoms with Gasteiger partial charge < -0.3 is 0 Å². The second kappa shape index (κ2) is 3.04. The van der Waals surface area contributed by atoms with Crippen molar-refractivity contribution in [2.24, 2.45) is 17.3 Å². The summed E-state index contributed by atoms with van der Waals surface area (Å²) in [5.74, 6) is 1.16. The molecule has 0 aromatic rings. The molecule has 1 nitrogen and oxygen atoms in total. The first kappa shape index (κ1) is 9.50. The molecule has 68 valence electrons. The van der Waals surface area contributed by atoms with Gasteiger partial charge in [0.1, 0.15) is 5.78 Å². The molecule has 1 saturated carbocycles. The Morgan fingerprint density at radius 2 is 2.17 bits per heavy atom. The van der Waals surface area contributed by atoms with E-state index in [0.717, 1.165) is 12.8 Å². The van der Waals surface area contributed by atoms with Crippen LogP contribution in [0.25, 0.3) is 0 Å². The molecule has 1 aliphatic carbocycles. The van der Waals surface area contributed by atoms with Gasteiger partial charge in [-0.1, -0.05) is 26.8 Å². The van der Waals surface area contributed by atoms with E-state index in [1.54, 1.807) is 0 Å². The zero-order valence-electron chi connectivity index (χ0n) is 8.26. The Labute approximate surface area is 74.9 Å². The maximum atomic E-state index is 11.3. The Morgan fingerprint density at radius 3 is 2.50 bits per heavy atom. The number of hydrogen-bond acceptors (Lipinski definition) is 1. The molecule has 12 heavy (non-hydrogen) atoms. The lowest BCUT2D eigenvalue weighted by Crippen LogP contribution is -2.25. The second-order valence-electron chi connectivity index (χ2n) is 4.43. The lowest BCUT2D eigenvalue weighted by atomic mass is 9.74. The number of carbonyl (C=O) groups is 1. The highest BCUT2D eigenvalue weighted by Crippen LogP contribution is 2.42. The first-order valence-corrected chi connectivity index (χ1v) is 4.65. The van der Waals surface area contributed by atoms with Gasteiger partial charge in [-0.25, -0.2) is 0 Å². The van der Waals surface area contributed by atoms with E-state index in [-0.39, 0.29) is 11.3 Å². The summed E-state index contributed by atoms with van der Waals surface area (Å²) in [5, 5.41) is 0. The third-order valence-corrected chi connectivity index (χ3v) is 3.29. The molecular formula is C11H18O. The van der Waals surface area contributed by atoms with Crippen LogP contribution in [0.1, 0.15) is 33.6 Å². The molecule has 0 amide bonds. The fraction of sp³-hybridized carbons (Fsp3) is 0.727. The second-order valence-corrected chi connectivity index (χ2v) is 4.43. The van der Waals surface area contributed by atoms with E-state index in [4.69, 9.17) is 0 Å². The lowest BCUT2D eigenvalue weighted by Gasteiger charge is -2.30. The van der Waals surface area contributed by atoms with E-state index in [2.05, 4.69) is 20.4 Å². The Balaban J connectivity index is 2.77. The van der Waals surface area contributed by atoms with Crippen molar-refractivity contribution in [3.63, 3.8) is 0 Å². The molecule has 0 heterocycles. The van der Waals surface area contributed by atoms with Gasteiger partial charge in [-0.05, 0) is 17.8 Å². The van der Waals surface area contributed by atoms with Crippen LogP contribution >= 0.6 is 0 Å². The summed E-state index contributed by atoms with van der Waals surface area (Å²) in [6, 6.07) is 0. The van der Waals surface area contributed by atoms with Gasteiger partial charge >= 0.3 is 0 Å². The van der Waals surface area contributed by atoms with Crippen LogP contribution in [0.15, 0.2) is 12.7 Å². The van der Waals surface area contributed by atoms with Gasteiger partial charge in [0, 0.05) is 12.3 Å². The highest BCUT2D eigenvalue weighted by Gasteiger charge is 2.39. The fourth-order valence-corrected chi connectivity index (χ4v) is 2.17. The quantitative estimate of drug-likeness (QED) is 0.576. The molecule has 1 rings (SSSR count). The van der Waals surface area contributed by atoms with Crippen LogP contribution in [0.5, 0.6) is 0 Å². The largest absolute Gasteiger partial charge is 0.299 e. The standard InChI is InChI=1S/C11H18O/c1-5-11(3,4)9-6-7-10(12)8(9)2/h5,8-9H,1,6-7H2,2-4H3. The molecule has 1 aliphatic rings. The van der Waals surface area contributed by atoms with Crippen molar-refractivity contribution in [1.82, 2.24) is 0 Å². The predicted octanol–water partition coefficient (Wildman–Crippen LogP) is 2.81. The van der Waals surface area contributed by atoms with Gasteiger partial charge in [-0.3, -0.25) is 4.79 Å². The van der Waals surface area contributed by atoms with Gasteiger partial charge in [0.2, 0.25) is 0 Å². The molecule has 1 heteroatoms.